The molecular formula is C16H12FN3O3. The summed E-state index contributed by atoms with van der Waals surface area (Å²) in [6.45, 7) is 0. The van der Waals surface area contributed by atoms with E-state index in [1.54, 1.807) is 24.4 Å². The van der Waals surface area contributed by atoms with Crippen LogP contribution in [0.2, 0.25) is 0 Å². The van der Waals surface area contributed by atoms with Gasteiger partial charge < -0.3 is 13.9 Å². The van der Waals surface area contributed by atoms with Crippen molar-refractivity contribution in [2.75, 3.05) is 0 Å². The standard InChI is InChI=1S/C16H12FN3O3/c17-10-5-3-9(4-6-10)8-12-19-20-16(23-12)15-14(21)13-11(22-15)2-1-7-18-13/h1-3,5-7,9,21H,4,8H2. The van der Waals surface area contributed by atoms with Gasteiger partial charge in [-0.2, -0.15) is 0 Å². The fourth-order valence-corrected chi connectivity index (χ4v) is 2.50. The molecular weight excluding hydrogens is 301 g/mol. The molecule has 0 amide bonds. The number of hydrogen-bond acceptors (Lipinski definition) is 6. The Kier molecular flexibility index (Phi) is 3.18. The lowest BCUT2D eigenvalue weighted by Gasteiger charge is -2.10. The summed E-state index contributed by atoms with van der Waals surface area (Å²) in [5, 5.41) is 18.0. The zero-order valence-corrected chi connectivity index (χ0v) is 11.9. The van der Waals surface area contributed by atoms with Crippen LogP contribution >= 0.6 is 0 Å². The molecule has 0 radical (unpaired) electrons. The highest BCUT2D eigenvalue weighted by Crippen LogP contribution is 2.37. The predicted molar refractivity (Wildman–Crippen MR) is 79.1 cm³/mol. The minimum atomic E-state index is -0.229. The van der Waals surface area contributed by atoms with E-state index in [0.717, 1.165) is 0 Å². The third-order valence-corrected chi connectivity index (χ3v) is 3.66. The first kappa shape index (κ1) is 13.7. The highest BCUT2D eigenvalue weighted by Gasteiger charge is 2.22. The van der Waals surface area contributed by atoms with Crippen molar-refractivity contribution in [1.29, 1.82) is 0 Å². The number of halogens is 1. The van der Waals surface area contributed by atoms with Crippen molar-refractivity contribution >= 4 is 11.1 Å². The van der Waals surface area contributed by atoms with Gasteiger partial charge in [0.25, 0.3) is 5.89 Å². The lowest BCUT2D eigenvalue weighted by molar-refractivity contribution is 0.438. The number of pyridine rings is 1. The first-order valence-electron chi connectivity index (χ1n) is 7.14. The second-order valence-electron chi connectivity index (χ2n) is 5.28. The van der Waals surface area contributed by atoms with Crippen LogP contribution in [0.4, 0.5) is 4.39 Å². The number of aromatic nitrogens is 3. The highest BCUT2D eigenvalue weighted by molar-refractivity contribution is 5.86. The molecule has 0 aromatic carbocycles. The average Bonchev–Trinajstić information content (AvgIpc) is 3.15. The van der Waals surface area contributed by atoms with Crippen LogP contribution < -0.4 is 0 Å². The first-order valence-corrected chi connectivity index (χ1v) is 7.14. The Labute approximate surface area is 130 Å². The fourth-order valence-electron chi connectivity index (χ4n) is 2.50. The second-order valence-corrected chi connectivity index (χ2v) is 5.28. The number of allylic oxidation sites excluding steroid dienone is 4. The van der Waals surface area contributed by atoms with Crippen molar-refractivity contribution in [2.45, 2.75) is 12.8 Å². The number of nitrogens with zero attached hydrogens (tertiary/aromatic N) is 3. The van der Waals surface area contributed by atoms with Crippen molar-refractivity contribution < 1.29 is 18.3 Å². The molecule has 116 valence electrons. The molecule has 23 heavy (non-hydrogen) atoms. The summed E-state index contributed by atoms with van der Waals surface area (Å²) in [4.78, 5) is 4.05. The minimum Gasteiger partial charge on any atom is -0.503 e. The molecule has 0 bridgehead atoms. The zero-order valence-electron chi connectivity index (χ0n) is 11.9. The molecule has 0 saturated carbocycles. The zero-order chi connectivity index (χ0) is 15.8. The van der Waals surface area contributed by atoms with Gasteiger partial charge >= 0.3 is 0 Å². The van der Waals surface area contributed by atoms with E-state index in [9.17, 15) is 9.50 Å². The number of aromatic hydroxyl groups is 1. The quantitative estimate of drug-likeness (QED) is 0.796. The summed E-state index contributed by atoms with van der Waals surface area (Å²) in [5.41, 5.74) is 0.786. The first-order chi connectivity index (χ1) is 11.2. The van der Waals surface area contributed by atoms with Crippen molar-refractivity contribution in [3.8, 4) is 17.4 Å². The van der Waals surface area contributed by atoms with Crippen molar-refractivity contribution in [2.24, 2.45) is 5.92 Å². The largest absolute Gasteiger partial charge is 0.503 e. The summed E-state index contributed by atoms with van der Waals surface area (Å²) >= 11 is 0. The maximum Gasteiger partial charge on any atom is 0.287 e. The third kappa shape index (κ3) is 2.50. The molecule has 3 aromatic rings. The summed E-state index contributed by atoms with van der Waals surface area (Å²) < 4.78 is 24.0. The van der Waals surface area contributed by atoms with E-state index in [4.69, 9.17) is 8.83 Å². The summed E-state index contributed by atoms with van der Waals surface area (Å²) in [5.74, 6) is 0.344. The van der Waals surface area contributed by atoms with Gasteiger partial charge in [0, 0.05) is 12.6 Å². The van der Waals surface area contributed by atoms with E-state index >= 15 is 0 Å². The highest BCUT2D eigenvalue weighted by atomic mass is 19.1. The molecule has 1 aliphatic rings. The van der Waals surface area contributed by atoms with Crippen LogP contribution in [0, 0.1) is 5.92 Å². The normalized spacial score (nSPS) is 17.6. The molecule has 0 aliphatic heterocycles. The molecule has 1 unspecified atom stereocenters. The molecule has 1 atom stereocenters. The summed E-state index contributed by atoms with van der Waals surface area (Å²) in [6, 6.07) is 3.40. The Hall–Kier alpha value is -2.96. The monoisotopic (exact) mass is 313 g/mol. The van der Waals surface area contributed by atoms with E-state index in [1.165, 1.54) is 12.2 Å². The lowest BCUT2D eigenvalue weighted by atomic mass is 9.97. The smallest absolute Gasteiger partial charge is 0.287 e. The van der Waals surface area contributed by atoms with Crippen molar-refractivity contribution in [3.63, 3.8) is 0 Å². The molecule has 0 fully saturated rings. The third-order valence-electron chi connectivity index (χ3n) is 3.66. The molecule has 1 N–H and O–H groups in total. The predicted octanol–water partition coefficient (Wildman–Crippen LogP) is 3.56. The average molecular weight is 313 g/mol. The molecule has 3 aromatic heterocycles. The number of rotatable bonds is 3. The Bertz CT molecular complexity index is 926. The number of fused-ring (bicyclic) bond motifs is 1. The fraction of sp³-hybridized carbons (Fsp3) is 0.188. The Morgan fingerprint density at radius 3 is 3.00 bits per heavy atom. The maximum absolute atomic E-state index is 12.9. The van der Waals surface area contributed by atoms with E-state index in [2.05, 4.69) is 15.2 Å². The molecule has 1 aliphatic carbocycles. The SMILES string of the molecule is Oc1c(-c2nnc(CC3C=CC(F)=CC3)o2)oc2cccnc12. The van der Waals surface area contributed by atoms with Crippen LogP contribution in [0.15, 0.2) is 51.2 Å². The van der Waals surface area contributed by atoms with Crippen LogP contribution in [0.25, 0.3) is 22.8 Å². The van der Waals surface area contributed by atoms with E-state index in [1.807, 2.05) is 0 Å². The molecule has 4 rings (SSSR count). The Morgan fingerprint density at radius 1 is 1.30 bits per heavy atom. The number of hydrogen-bond donors (Lipinski definition) is 1. The molecule has 3 heterocycles. The topological polar surface area (TPSA) is 85.2 Å². The van der Waals surface area contributed by atoms with Gasteiger partial charge in [-0.05, 0) is 36.6 Å². The molecule has 6 nitrogen and oxygen atoms in total. The number of furan rings is 1. The molecule has 0 saturated heterocycles. The molecule has 0 spiro atoms. The van der Waals surface area contributed by atoms with E-state index < -0.39 is 0 Å². The van der Waals surface area contributed by atoms with Crippen molar-refractivity contribution in [3.05, 3.63) is 48.3 Å². The van der Waals surface area contributed by atoms with Crippen LogP contribution in [-0.4, -0.2) is 20.3 Å². The molecule has 7 heteroatoms. The van der Waals surface area contributed by atoms with Gasteiger partial charge in [0.1, 0.15) is 5.83 Å². The summed E-state index contributed by atoms with van der Waals surface area (Å²) in [6.07, 6.45) is 7.37. The van der Waals surface area contributed by atoms with Crippen molar-refractivity contribution in [1.82, 2.24) is 15.2 Å². The summed E-state index contributed by atoms with van der Waals surface area (Å²) in [7, 11) is 0. The van der Waals surface area contributed by atoms with Crippen LogP contribution in [-0.2, 0) is 6.42 Å². The van der Waals surface area contributed by atoms with Gasteiger partial charge in [-0.1, -0.05) is 6.08 Å². The van der Waals surface area contributed by atoms with Crippen LogP contribution in [0.5, 0.6) is 5.75 Å². The Morgan fingerprint density at radius 2 is 2.22 bits per heavy atom. The Balaban J connectivity index is 1.60. The van der Waals surface area contributed by atoms with Crippen LogP contribution in [0.3, 0.4) is 0 Å². The second kappa shape index (κ2) is 5.35. The van der Waals surface area contributed by atoms with Gasteiger partial charge in [-0.15, -0.1) is 10.2 Å². The van der Waals surface area contributed by atoms with E-state index in [0.29, 0.717) is 29.8 Å². The van der Waals surface area contributed by atoms with Crippen LogP contribution in [0.1, 0.15) is 12.3 Å². The maximum atomic E-state index is 12.9. The van der Waals surface area contributed by atoms with Gasteiger partial charge in [0.05, 0.1) is 0 Å². The van der Waals surface area contributed by atoms with E-state index in [-0.39, 0.29) is 29.1 Å². The van der Waals surface area contributed by atoms with Gasteiger partial charge in [-0.25, -0.2) is 9.37 Å². The van der Waals surface area contributed by atoms with Gasteiger partial charge in [-0.3, -0.25) is 0 Å². The lowest BCUT2D eigenvalue weighted by Crippen LogP contribution is -2.03. The van der Waals surface area contributed by atoms with Gasteiger partial charge in [0.15, 0.2) is 16.8 Å². The van der Waals surface area contributed by atoms with Gasteiger partial charge in [0.2, 0.25) is 11.7 Å². The minimum absolute atomic E-state index is 0.0945.